The van der Waals surface area contributed by atoms with Gasteiger partial charge in [0.1, 0.15) is 0 Å². The van der Waals surface area contributed by atoms with E-state index in [0.717, 1.165) is 0 Å². The average molecular weight is 167 g/mol. The Kier molecular flexibility index (Phi) is 6.36. The molecule has 1 unspecified atom stereocenters. The lowest BCUT2D eigenvalue weighted by Gasteiger charge is -2.11. The molecule has 4 heteroatoms. The second-order valence-corrected chi connectivity index (χ2v) is 2.32. The summed E-state index contributed by atoms with van der Waals surface area (Å²) >= 11 is 0. The maximum absolute atomic E-state index is 11.6. The number of hydrogen-bond donors (Lipinski definition) is 1. The second-order valence-electron chi connectivity index (χ2n) is 2.32. The molecule has 1 N–H and O–H groups in total. The van der Waals surface area contributed by atoms with Crippen molar-refractivity contribution in [3.63, 3.8) is 0 Å². The molecule has 11 heavy (non-hydrogen) atoms. The van der Waals surface area contributed by atoms with Crippen LogP contribution >= 0.6 is 0 Å². The van der Waals surface area contributed by atoms with E-state index in [1.165, 1.54) is 0 Å². The molecule has 0 aromatic heterocycles. The van der Waals surface area contributed by atoms with Gasteiger partial charge < -0.3 is 10.1 Å². The lowest BCUT2D eigenvalue weighted by Crippen LogP contribution is -2.30. The van der Waals surface area contributed by atoms with E-state index in [0.29, 0.717) is 13.2 Å². The monoisotopic (exact) mass is 167 g/mol. The first-order valence-electron chi connectivity index (χ1n) is 3.77. The lowest BCUT2D eigenvalue weighted by atomic mass is 10.4. The number of alkyl halides is 2. The molecule has 68 valence electrons. The van der Waals surface area contributed by atoms with Crippen LogP contribution in [0.1, 0.15) is 13.8 Å². The van der Waals surface area contributed by atoms with E-state index in [4.69, 9.17) is 4.74 Å². The molecule has 0 aliphatic carbocycles. The van der Waals surface area contributed by atoms with Crippen LogP contribution in [0.15, 0.2) is 0 Å². The molecule has 0 aromatic rings. The van der Waals surface area contributed by atoms with Gasteiger partial charge in [-0.3, -0.25) is 0 Å². The molecule has 2 nitrogen and oxygen atoms in total. The van der Waals surface area contributed by atoms with Crippen LogP contribution in [-0.2, 0) is 4.74 Å². The van der Waals surface area contributed by atoms with Gasteiger partial charge >= 0.3 is 0 Å². The predicted molar refractivity (Wildman–Crippen MR) is 40.0 cm³/mol. The summed E-state index contributed by atoms with van der Waals surface area (Å²) in [5, 5.41) is 2.59. The van der Waals surface area contributed by atoms with E-state index >= 15 is 0 Å². The molecule has 0 aromatic carbocycles. The third kappa shape index (κ3) is 7.68. The van der Waals surface area contributed by atoms with Crippen LogP contribution in [-0.4, -0.2) is 32.2 Å². The molecule has 0 aliphatic heterocycles. The molecule has 0 saturated heterocycles. The van der Waals surface area contributed by atoms with Crippen LogP contribution < -0.4 is 5.32 Å². The summed E-state index contributed by atoms with van der Waals surface area (Å²) in [5.74, 6) is 0. The van der Waals surface area contributed by atoms with Gasteiger partial charge in [-0.1, -0.05) is 0 Å². The van der Waals surface area contributed by atoms with E-state index in [9.17, 15) is 8.78 Å². The molecule has 0 amide bonds. The van der Waals surface area contributed by atoms with Crippen molar-refractivity contribution in [1.82, 2.24) is 5.32 Å². The molecule has 0 bridgehead atoms. The Morgan fingerprint density at radius 1 is 1.36 bits per heavy atom. The van der Waals surface area contributed by atoms with Crippen molar-refractivity contribution in [3.05, 3.63) is 0 Å². The molecule has 0 spiro atoms. The average Bonchev–Trinajstić information content (AvgIpc) is 1.87. The van der Waals surface area contributed by atoms with Crippen molar-refractivity contribution in [2.75, 3.05) is 19.7 Å². The van der Waals surface area contributed by atoms with E-state index < -0.39 is 6.43 Å². The fraction of sp³-hybridized carbons (Fsp3) is 1.00. The highest BCUT2D eigenvalue weighted by atomic mass is 19.3. The summed E-state index contributed by atoms with van der Waals surface area (Å²) in [6.07, 6.45) is -2.26. The molecule has 0 aliphatic rings. The Labute approximate surface area is 65.9 Å². The van der Waals surface area contributed by atoms with Crippen LogP contribution in [0, 0.1) is 0 Å². The van der Waals surface area contributed by atoms with Crippen LogP contribution in [0.5, 0.6) is 0 Å². The third-order valence-electron chi connectivity index (χ3n) is 1.18. The normalized spacial score (nSPS) is 13.9. The Morgan fingerprint density at radius 2 is 2.00 bits per heavy atom. The summed E-state index contributed by atoms with van der Waals surface area (Å²) < 4.78 is 28.3. The first kappa shape index (κ1) is 10.8. The zero-order chi connectivity index (χ0) is 8.69. The summed E-state index contributed by atoms with van der Waals surface area (Å²) in [6.45, 7) is 4.58. The Morgan fingerprint density at radius 3 is 2.45 bits per heavy atom. The molecular weight excluding hydrogens is 152 g/mol. The second kappa shape index (κ2) is 6.49. The van der Waals surface area contributed by atoms with Crippen LogP contribution in [0.2, 0.25) is 0 Å². The van der Waals surface area contributed by atoms with Crippen molar-refractivity contribution in [3.8, 4) is 0 Å². The summed E-state index contributed by atoms with van der Waals surface area (Å²) in [6, 6.07) is 0. The summed E-state index contributed by atoms with van der Waals surface area (Å²) in [4.78, 5) is 0. The van der Waals surface area contributed by atoms with E-state index in [1.807, 2.05) is 13.8 Å². The number of rotatable bonds is 6. The number of halogens is 2. The summed E-state index contributed by atoms with van der Waals surface area (Å²) in [5.41, 5.74) is 0. The van der Waals surface area contributed by atoms with Gasteiger partial charge in [-0.05, 0) is 13.8 Å². The largest absolute Gasteiger partial charge is 0.377 e. The Hall–Kier alpha value is -0.220. The van der Waals surface area contributed by atoms with Crippen molar-refractivity contribution >= 4 is 0 Å². The molecule has 0 fully saturated rings. The highest BCUT2D eigenvalue weighted by Crippen LogP contribution is 1.90. The van der Waals surface area contributed by atoms with Crippen molar-refractivity contribution in [2.24, 2.45) is 0 Å². The van der Waals surface area contributed by atoms with E-state index in [1.54, 1.807) is 0 Å². The molecule has 1 atom stereocenters. The fourth-order valence-corrected chi connectivity index (χ4v) is 0.739. The third-order valence-corrected chi connectivity index (χ3v) is 1.18. The van der Waals surface area contributed by atoms with Gasteiger partial charge in [0.05, 0.1) is 12.6 Å². The Balaban J connectivity index is 3.10. The van der Waals surface area contributed by atoms with Gasteiger partial charge in [-0.15, -0.1) is 0 Å². The minimum atomic E-state index is -2.27. The zero-order valence-corrected chi connectivity index (χ0v) is 6.94. The van der Waals surface area contributed by atoms with E-state index in [-0.39, 0.29) is 12.6 Å². The highest BCUT2D eigenvalue weighted by molar-refractivity contribution is 4.55. The smallest absolute Gasteiger partial charge is 0.250 e. The maximum atomic E-state index is 11.6. The van der Waals surface area contributed by atoms with Crippen molar-refractivity contribution in [1.29, 1.82) is 0 Å². The van der Waals surface area contributed by atoms with Gasteiger partial charge in [0.25, 0.3) is 6.43 Å². The maximum Gasteiger partial charge on any atom is 0.250 e. The number of hydrogen-bond acceptors (Lipinski definition) is 2. The molecule has 0 radical (unpaired) electrons. The molecule has 0 saturated carbocycles. The SMILES string of the molecule is CCOC(C)CNCC(F)F. The van der Waals surface area contributed by atoms with Gasteiger partial charge in [-0.25, -0.2) is 8.78 Å². The highest BCUT2D eigenvalue weighted by Gasteiger charge is 2.03. The quantitative estimate of drug-likeness (QED) is 0.643. The molecule has 0 rings (SSSR count). The number of ether oxygens (including phenoxy) is 1. The minimum Gasteiger partial charge on any atom is -0.377 e. The van der Waals surface area contributed by atoms with Crippen molar-refractivity contribution in [2.45, 2.75) is 26.4 Å². The zero-order valence-electron chi connectivity index (χ0n) is 6.94. The summed E-state index contributed by atoms with van der Waals surface area (Å²) in [7, 11) is 0. The topological polar surface area (TPSA) is 21.3 Å². The first-order chi connectivity index (χ1) is 5.16. The first-order valence-corrected chi connectivity index (χ1v) is 3.77. The van der Waals surface area contributed by atoms with Crippen LogP contribution in [0.4, 0.5) is 8.78 Å². The van der Waals surface area contributed by atoms with Gasteiger partial charge in [0.2, 0.25) is 0 Å². The lowest BCUT2D eigenvalue weighted by molar-refractivity contribution is 0.0702. The van der Waals surface area contributed by atoms with Crippen LogP contribution in [0.3, 0.4) is 0 Å². The van der Waals surface area contributed by atoms with E-state index in [2.05, 4.69) is 5.32 Å². The molecular formula is C7H15F2NO. The van der Waals surface area contributed by atoms with Gasteiger partial charge in [0, 0.05) is 13.2 Å². The van der Waals surface area contributed by atoms with Crippen LogP contribution in [0.25, 0.3) is 0 Å². The molecule has 0 heterocycles. The van der Waals surface area contributed by atoms with Crippen molar-refractivity contribution < 1.29 is 13.5 Å². The fourth-order valence-electron chi connectivity index (χ4n) is 0.739. The number of nitrogens with one attached hydrogen (secondary N) is 1. The predicted octanol–water partition coefficient (Wildman–Crippen LogP) is 1.27. The van der Waals surface area contributed by atoms with Gasteiger partial charge in [0.15, 0.2) is 0 Å². The Bertz CT molecular complexity index is 90.5. The van der Waals surface area contributed by atoms with Gasteiger partial charge in [-0.2, -0.15) is 0 Å². The standard InChI is InChI=1S/C7H15F2NO/c1-3-11-6(2)4-10-5-7(8)9/h6-7,10H,3-5H2,1-2H3. The minimum absolute atomic E-state index is 0.0127.